The Kier molecular flexibility index (Phi) is 2.82. The molecule has 0 radical (unpaired) electrons. The van der Waals surface area contributed by atoms with Gasteiger partial charge in [0, 0.05) is 5.92 Å². The van der Waals surface area contributed by atoms with Gasteiger partial charge in [0.15, 0.2) is 0 Å². The van der Waals surface area contributed by atoms with Crippen molar-refractivity contribution in [2.24, 2.45) is 0 Å². The highest BCUT2D eigenvalue weighted by atomic mass is 35.5. The van der Waals surface area contributed by atoms with Crippen molar-refractivity contribution in [1.29, 1.82) is 0 Å². The first kappa shape index (κ1) is 9.20. The molecule has 0 aliphatic heterocycles. The molecule has 0 aliphatic rings. The number of carbonyl (C=O) groups is 1. The van der Waals surface area contributed by atoms with Gasteiger partial charge in [-0.05, 0) is 17.7 Å². The van der Waals surface area contributed by atoms with Crippen LogP contribution in [-0.4, -0.2) is 6.29 Å². The van der Waals surface area contributed by atoms with E-state index in [1.54, 1.807) is 13.0 Å². The predicted molar refractivity (Wildman–Crippen MR) is 45.9 cm³/mol. The molecule has 0 amide bonds. The maximum absolute atomic E-state index is 12.6. The zero-order chi connectivity index (χ0) is 9.14. The lowest BCUT2D eigenvalue weighted by Crippen LogP contribution is -1.94. The average Bonchev–Trinajstić information content (AvgIpc) is 2.08. The van der Waals surface area contributed by atoms with E-state index in [0.717, 1.165) is 11.8 Å². The van der Waals surface area contributed by atoms with E-state index in [1.807, 2.05) is 0 Å². The van der Waals surface area contributed by atoms with E-state index in [9.17, 15) is 9.18 Å². The van der Waals surface area contributed by atoms with Crippen LogP contribution in [0.1, 0.15) is 18.4 Å². The maximum atomic E-state index is 12.6. The average molecular weight is 187 g/mol. The van der Waals surface area contributed by atoms with Crippen molar-refractivity contribution < 1.29 is 9.18 Å². The second-order valence-electron chi connectivity index (χ2n) is 2.60. The van der Waals surface area contributed by atoms with Crippen molar-refractivity contribution in [1.82, 2.24) is 0 Å². The molecule has 1 aromatic carbocycles. The van der Waals surface area contributed by atoms with Crippen LogP contribution in [0.2, 0.25) is 5.02 Å². The molecule has 1 rings (SSSR count). The summed E-state index contributed by atoms with van der Waals surface area (Å²) in [4.78, 5) is 10.4. The van der Waals surface area contributed by atoms with Gasteiger partial charge in [0.25, 0.3) is 0 Å². The number of hydrogen-bond donors (Lipinski definition) is 0. The molecule has 3 heteroatoms. The summed E-state index contributed by atoms with van der Waals surface area (Å²) in [5, 5.41) is 0.0567. The summed E-state index contributed by atoms with van der Waals surface area (Å²) in [6, 6.07) is 4.29. The Hall–Kier alpha value is -0.890. The molecule has 1 nitrogen and oxygen atoms in total. The van der Waals surface area contributed by atoms with Gasteiger partial charge in [-0.25, -0.2) is 4.39 Å². The van der Waals surface area contributed by atoms with Gasteiger partial charge in [-0.3, -0.25) is 0 Å². The predicted octanol–water partition coefficient (Wildman–Crippen LogP) is 2.78. The highest BCUT2D eigenvalue weighted by molar-refractivity contribution is 6.30. The number of carbonyl (C=O) groups excluding carboxylic acids is 1. The quantitative estimate of drug-likeness (QED) is 0.650. The molecule has 0 saturated carbocycles. The number of aldehydes is 1. The second-order valence-corrected chi connectivity index (χ2v) is 3.01. The Labute approximate surface area is 75.2 Å². The van der Waals surface area contributed by atoms with Gasteiger partial charge in [-0.1, -0.05) is 24.6 Å². The molecule has 12 heavy (non-hydrogen) atoms. The minimum absolute atomic E-state index is 0.0567. The molecule has 64 valence electrons. The fourth-order valence-electron chi connectivity index (χ4n) is 0.874. The molecule has 0 bridgehead atoms. The minimum atomic E-state index is -0.460. The molecule has 0 heterocycles. The third-order valence-corrected chi connectivity index (χ3v) is 1.96. The van der Waals surface area contributed by atoms with Gasteiger partial charge in [0.2, 0.25) is 0 Å². The van der Waals surface area contributed by atoms with E-state index >= 15 is 0 Å². The van der Waals surface area contributed by atoms with Crippen molar-refractivity contribution in [3.63, 3.8) is 0 Å². The van der Waals surface area contributed by atoms with Crippen LogP contribution in [0.3, 0.4) is 0 Å². The Morgan fingerprint density at radius 3 is 2.75 bits per heavy atom. The molecule has 1 aromatic rings. The molecule has 1 unspecified atom stereocenters. The van der Waals surface area contributed by atoms with Gasteiger partial charge in [-0.2, -0.15) is 0 Å². The van der Waals surface area contributed by atoms with Crippen LogP contribution in [0.15, 0.2) is 18.2 Å². The highest BCUT2D eigenvalue weighted by Crippen LogP contribution is 2.20. The summed E-state index contributed by atoms with van der Waals surface area (Å²) in [5.41, 5.74) is 0.733. The van der Waals surface area contributed by atoms with E-state index < -0.39 is 5.82 Å². The lowest BCUT2D eigenvalue weighted by Gasteiger charge is -2.03. The van der Waals surface area contributed by atoms with Gasteiger partial charge >= 0.3 is 0 Å². The summed E-state index contributed by atoms with van der Waals surface area (Å²) in [6.07, 6.45) is 0.795. The molecular weight excluding hydrogens is 179 g/mol. The molecule has 0 fully saturated rings. The van der Waals surface area contributed by atoms with Crippen LogP contribution in [0.25, 0.3) is 0 Å². The Bertz CT molecular complexity index is 299. The minimum Gasteiger partial charge on any atom is -0.303 e. The van der Waals surface area contributed by atoms with Crippen LogP contribution in [-0.2, 0) is 4.79 Å². The fraction of sp³-hybridized carbons (Fsp3) is 0.222. The molecular formula is C9H8ClFO. The largest absolute Gasteiger partial charge is 0.303 e. The fourth-order valence-corrected chi connectivity index (χ4v) is 1.06. The number of hydrogen-bond acceptors (Lipinski definition) is 1. The van der Waals surface area contributed by atoms with E-state index in [0.29, 0.717) is 0 Å². The summed E-state index contributed by atoms with van der Waals surface area (Å²) in [6.45, 7) is 1.73. The van der Waals surface area contributed by atoms with Crippen molar-refractivity contribution in [3.8, 4) is 0 Å². The van der Waals surface area contributed by atoms with Crippen molar-refractivity contribution in [2.45, 2.75) is 12.8 Å². The van der Waals surface area contributed by atoms with E-state index in [4.69, 9.17) is 11.6 Å². The first-order valence-corrected chi connectivity index (χ1v) is 3.93. The molecule has 0 aliphatic carbocycles. The van der Waals surface area contributed by atoms with Crippen LogP contribution in [0.4, 0.5) is 4.39 Å². The number of halogens is 2. The third-order valence-electron chi connectivity index (χ3n) is 1.67. The zero-order valence-corrected chi connectivity index (χ0v) is 7.31. The van der Waals surface area contributed by atoms with Crippen LogP contribution < -0.4 is 0 Å². The standard InChI is InChI=1S/C9H8ClFO/c1-6(5-12)7-2-3-9(11)8(10)4-7/h2-6H,1H3. The van der Waals surface area contributed by atoms with Crippen LogP contribution in [0.5, 0.6) is 0 Å². The van der Waals surface area contributed by atoms with E-state index in [2.05, 4.69) is 0 Å². The summed E-state index contributed by atoms with van der Waals surface area (Å²) in [5.74, 6) is -0.693. The van der Waals surface area contributed by atoms with Crippen LogP contribution in [0, 0.1) is 5.82 Å². The van der Waals surface area contributed by atoms with E-state index in [-0.39, 0.29) is 10.9 Å². The monoisotopic (exact) mass is 186 g/mol. The van der Waals surface area contributed by atoms with E-state index in [1.165, 1.54) is 12.1 Å². The lowest BCUT2D eigenvalue weighted by atomic mass is 10.0. The third kappa shape index (κ3) is 1.83. The Morgan fingerprint density at radius 2 is 2.25 bits per heavy atom. The first-order valence-electron chi connectivity index (χ1n) is 3.55. The molecule has 0 N–H and O–H groups in total. The molecule has 1 atom stereocenters. The Morgan fingerprint density at radius 1 is 1.58 bits per heavy atom. The number of benzene rings is 1. The smallest absolute Gasteiger partial charge is 0.141 e. The summed E-state index contributed by atoms with van der Waals surface area (Å²) < 4.78 is 12.6. The highest BCUT2D eigenvalue weighted by Gasteiger charge is 2.06. The first-order chi connectivity index (χ1) is 5.65. The van der Waals surface area contributed by atoms with Crippen molar-refractivity contribution in [3.05, 3.63) is 34.6 Å². The van der Waals surface area contributed by atoms with Crippen molar-refractivity contribution in [2.75, 3.05) is 0 Å². The molecule has 0 aromatic heterocycles. The van der Waals surface area contributed by atoms with Gasteiger partial charge in [0.05, 0.1) is 5.02 Å². The lowest BCUT2D eigenvalue weighted by molar-refractivity contribution is -0.108. The Balaban J connectivity index is 3.04. The normalized spacial score (nSPS) is 12.6. The maximum Gasteiger partial charge on any atom is 0.141 e. The molecule has 0 saturated heterocycles. The SMILES string of the molecule is CC(C=O)c1ccc(F)c(Cl)c1. The second kappa shape index (κ2) is 3.68. The summed E-state index contributed by atoms with van der Waals surface area (Å²) >= 11 is 5.52. The van der Waals surface area contributed by atoms with Gasteiger partial charge in [-0.15, -0.1) is 0 Å². The van der Waals surface area contributed by atoms with Crippen LogP contribution >= 0.6 is 11.6 Å². The topological polar surface area (TPSA) is 17.1 Å². The van der Waals surface area contributed by atoms with Gasteiger partial charge < -0.3 is 4.79 Å². The zero-order valence-electron chi connectivity index (χ0n) is 6.55. The number of rotatable bonds is 2. The summed E-state index contributed by atoms with van der Waals surface area (Å²) in [7, 11) is 0. The molecule has 0 spiro atoms. The van der Waals surface area contributed by atoms with Crippen molar-refractivity contribution >= 4 is 17.9 Å². The van der Waals surface area contributed by atoms with Gasteiger partial charge in [0.1, 0.15) is 12.1 Å².